The van der Waals surface area contributed by atoms with E-state index >= 15 is 0 Å². The Hall–Kier alpha value is -8.70. The zero-order chi connectivity index (χ0) is 48.6. The predicted molar refractivity (Wildman–Crippen MR) is 299 cm³/mol. The van der Waals surface area contributed by atoms with Gasteiger partial charge in [0.2, 0.25) is 0 Å². The lowest BCUT2D eigenvalue weighted by atomic mass is 9.55. The van der Waals surface area contributed by atoms with E-state index in [4.69, 9.17) is 0 Å². The first-order valence-corrected chi connectivity index (χ1v) is 25.3. The summed E-state index contributed by atoms with van der Waals surface area (Å²) >= 11 is 0. The molecular weight excluding hydrogens is 867 g/mol. The lowest BCUT2D eigenvalue weighted by Crippen LogP contribution is -2.40. The first-order chi connectivity index (χ1) is 35.3. The van der Waals surface area contributed by atoms with Crippen molar-refractivity contribution >= 4 is 11.4 Å². The van der Waals surface area contributed by atoms with Crippen LogP contribution in [0.3, 0.4) is 0 Å². The molecule has 0 bridgehead atoms. The van der Waals surface area contributed by atoms with Crippen LogP contribution in [0.15, 0.2) is 266 Å². The van der Waals surface area contributed by atoms with Gasteiger partial charge in [-0.2, -0.15) is 0 Å². The van der Waals surface area contributed by atoms with E-state index < -0.39 is 10.8 Å². The largest absolute Gasteiger partial charge is 0.314 e. The Morgan fingerprint density at radius 1 is 0.431 bits per heavy atom. The molecule has 10 aromatic rings. The number of benzene rings is 9. The van der Waals surface area contributed by atoms with Gasteiger partial charge in [0.25, 0.3) is 0 Å². The van der Waals surface area contributed by atoms with Crippen LogP contribution < -0.4 is 4.90 Å². The minimum atomic E-state index is -0.524. The average Bonchev–Trinajstić information content (AvgIpc) is 3.91. The molecule has 0 fully saturated rings. The highest BCUT2D eigenvalue weighted by molar-refractivity contribution is 5.91. The molecular formula is C71H53N. The summed E-state index contributed by atoms with van der Waals surface area (Å²) in [6.45, 7) is 9.48. The molecule has 10 aromatic carbocycles. The van der Waals surface area contributed by atoms with Crippen LogP contribution in [0.2, 0.25) is 0 Å². The lowest BCUT2D eigenvalue weighted by molar-refractivity contribution is 0.552. The van der Waals surface area contributed by atoms with E-state index in [-0.39, 0.29) is 5.41 Å². The van der Waals surface area contributed by atoms with Crippen molar-refractivity contribution in [3.63, 3.8) is 0 Å². The Morgan fingerprint density at radius 2 is 0.917 bits per heavy atom. The van der Waals surface area contributed by atoms with Crippen molar-refractivity contribution in [1.29, 1.82) is 0 Å². The second-order valence-corrected chi connectivity index (χ2v) is 20.2. The maximum atomic E-state index is 3.45. The predicted octanol–water partition coefficient (Wildman–Crippen LogP) is 17.6. The van der Waals surface area contributed by atoms with Crippen molar-refractivity contribution in [1.82, 2.24) is 0 Å². The van der Waals surface area contributed by atoms with E-state index in [1.807, 2.05) is 6.07 Å². The van der Waals surface area contributed by atoms with Gasteiger partial charge in [-0.05, 0) is 140 Å². The number of allylic oxidation sites excluding steroid dienone is 4. The van der Waals surface area contributed by atoms with Gasteiger partial charge in [0.1, 0.15) is 0 Å². The summed E-state index contributed by atoms with van der Waals surface area (Å²) in [7, 11) is 0. The molecule has 1 nitrogen and oxygen atoms in total. The van der Waals surface area contributed by atoms with Crippen LogP contribution in [0.5, 0.6) is 0 Å². The van der Waals surface area contributed by atoms with E-state index in [1.54, 1.807) is 0 Å². The second kappa shape index (κ2) is 16.7. The van der Waals surface area contributed by atoms with Gasteiger partial charge in [0.15, 0.2) is 0 Å². The van der Waals surface area contributed by atoms with Crippen LogP contribution in [-0.2, 0) is 16.2 Å². The molecule has 3 aliphatic rings. The second-order valence-electron chi connectivity index (χ2n) is 20.2. The summed E-state index contributed by atoms with van der Waals surface area (Å²) < 4.78 is 0. The van der Waals surface area contributed by atoms with Crippen molar-refractivity contribution in [2.75, 3.05) is 4.90 Å². The molecule has 342 valence electrons. The molecule has 0 unspecified atom stereocenters. The fourth-order valence-electron chi connectivity index (χ4n) is 13.0. The number of nitrogens with zero attached hydrogens (tertiary/aromatic N) is 1. The summed E-state index contributed by atoms with van der Waals surface area (Å²) in [5.74, 6) is 0. The maximum Gasteiger partial charge on any atom is 0.0716 e. The maximum absolute atomic E-state index is 3.45. The summed E-state index contributed by atoms with van der Waals surface area (Å²) in [6, 6.07) is 96.4. The zero-order valence-electron chi connectivity index (χ0n) is 41.1. The third-order valence-corrected chi connectivity index (χ3v) is 16.4. The van der Waals surface area contributed by atoms with Gasteiger partial charge in [-0.1, -0.05) is 238 Å². The van der Waals surface area contributed by atoms with Gasteiger partial charge in [-0.3, -0.25) is 0 Å². The third kappa shape index (κ3) is 6.22. The third-order valence-electron chi connectivity index (χ3n) is 16.4. The van der Waals surface area contributed by atoms with Gasteiger partial charge in [0.05, 0.1) is 16.5 Å². The fourth-order valence-corrected chi connectivity index (χ4v) is 13.0. The molecule has 13 rings (SSSR count). The summed E-state index contributed by atoms with van der Waals surface area (Å²) in [6.07, 6.45) is 2.52. The van der Waals surface area contributed by atoms with Crippen molar-refractivity contribution in [3.8, 4) is 44.5 Å². The van der Waals surface area contributed by atoms with Crippen molar-refractivity contribution in [3.05, 3.63) is 322 Å². The molecule has 1 spiro atoms. The molecule has 0 aromatic heterocycles. The number of para-hydroxylation sites is 1. The van der Waals surface area contributed by atoms with E-state index in [1.165, 1.54) is 83.5 Å². The molecule has 0 radical (unpaired) electrons. The molecule has 0 aliphatic heterocycles. The van der Waals surface area contributed by atoms with E-state index in [2.05, 4.69) is 287 Å². The Bertz CT molecular complexity index is 3690. The normalized spacial score (nSPS) is 15.2. The minimum absolute atomic E-state index is 0.227. The highest BCUT2D eigenvalue weighted by Gasteiger charge is 2.53. The highest BCUT2D eigenvalue weighted by Crippen LogP contribution is 2.63. The SMILES string of the molecule is CC1=C(/C=C(\C)N(c2ccc(-c3ccc4c(c3)C(c3ccccc3)(c3ccccc3)c3ccccc3-4)cc2)c2ccccc2-c2c#cccc2)C2(c3ccccc3-c3ccccc32)c2ccccc2C1(C)C. The molecule has 0 saturated carbocycles. The Kier molecular flexibility index (Phi) is 10.1. The highest BCUT2D eigenvalue weighted by atomic mass is 15.1. The topological polar surface area (TPSA) is 3.24 Å². The lowest BCUT2D eigenvalue weighted by Gasteiger charge is -2.47. The van der Waals surface area contributed by atoms with Crippen LogP contribution in [0.25, 0.3) is 44.5 Å². The molecule has 0 heterocycles. The van der Waals surface area contributed by atoms with Crippen molar-refractivity contribution < 1.29 is 0 Å². The number of rotatable bonds is 8. The van der Waals surface area contributed by atoms with Gasteiger partial charge >= 0.3 is 0 Å². The number of hydrogen-bond acceptors (Lipinski definition) is 1. The monoisotopic (exact) mass is 919 g/mol. The van der Waals surface area contributed by atoms with Crippen molar-refractivity contribution in [2.24, 2.45) is 0 Å². The number of hydrogen-bond donors (Lipinski definition) is 0. The van der Waals surface area contributed by atoms with Gasteiger partial charge in [-0.25, -0.2) is 0 Å². The van der Waals surface area contributed by atoms with Crippen molar-refractivity contribution in [2.45, 2.75) is 43.9 Å². The van der Waals surface area contributed by atoms with Crippen LogP contribution in [0, 0.1) is 12.1 Å². The van der Waals surface area contributed by atoms with Crippen LogP contribution in [-0.4, -0.2) is 0 Å². The fraction of sp³-hybridized carbons (Fsp3) is 0.0986. The first-order valence-electron chi connectivity index (χ1n) is 25.3. The quantitative estimate of drug-likeness (QED) is 0.147. The molecule has 1 heteroatoms. The van der Waals surface area contributed by atoms with E-state index in [0.717, 1.165) is 33.8 Å². The van der Waals surface area contributed by atoms with Gasteiger partial charge in [-0.15, -0.1) is 0 Å². The van der Waals surface area contributed by atoms with Gasteiger partial charge in [0, 0.05) is 27.9 Å². The van der Waals surface area contributed by atoms with E-state index in [9.17, 15) is 0 Å². The molecule has 0 N–H and O–H groups in total. The molecule has 0 atom stereocenters. The first kappa shape index (κ1) is 43.3. The molecule has 0 amide bonds. The minimum Gasteiger partial charge on any atom is -0.314 e. The van der Waals surface area contributed by atoms with E-state index in [0.29, 0.717) is 0 Å². The molecule has 72 heavy (non-hydrogen) atoms. The number of fused-ring (bicyclic) bond motifs is 10. The smallest absolute Gasteiger partial charge is 0.0716 e. The average molecular weight is 920 g/mol. The summed E-state index contributed by atoms with van der Waals surface area (Å²) in [5, 5.41) is 0. The molecule has 3 aliphatic carbocycles. The Morgan fingerprint density at radius 3 is 1.50 bits per heavy atom. The summed E-state index contributed by atoms with van der Waals surface area (Å²) in [5.41, 5.74) is 24.9. The summed E-state index contributed by atoms with van der Waals surface area (Å²) in [4.78, 5) is 2.46. The Labute approximate surface area is 424 Å². The van der Waals surface area contributed by atoms with Gasteiger partial charge < -0.3 is 4.90 Å². The van der Waals surface area contributed by atoms with Crippen LogP contribution in [0.1, 0.15) is 72.2 Å². The standard InChI is InChI=1S/C71H53N/c1-48(46-66-49(2)69(3,4)64-37-21-22-38-65(64)71(66)62-35-19-15-31-57(62)58-32-16-20-36-63(58)71)72(68-39-23-17-30-56(68)51-24-8-5-9-25-51)55-43-40-50(41-44-55)52-42-45-60-59-33-14-18-34-61(59)70(67(60)47-52,53-26-10-6-11-27-53)54-28-12-7-13-29-54/h5-8,10-24,26-47H,1-4H3/b48-46+. The number of anilines is 2. The van der Waals surface area contributed by atoms with Crippen LogP contribution in [0.4, 0.5) is 11.4 Å². The molecule has 0 saturated heterocycles. The van der Waals surface area contributed by atoms with Crippen LogP contribution >= 0.6 is 0 Å². The Balaban J connectivity index is 1.00. The zero-order valence-corrected chi connectivity index (χ0v) is 41.1.